The van der Waals surface area contributed by atoms with Gasteiger partial charge in [0.25, 0.3) is 0 Å². The first-order chi connectivity index (χ1) is 7.21. The highest BCUT2D eigenvalue weighted by molar-refractivity contribution is 5.92. The lowest BCUT2D eigenvalue weighted by Crippen LogP contribution is -2.05. The van der Waals surface area contributed by atoms with Crippen molar-refractivity contribution >= 4 is 5.90 Å². The molecule has 0 unspecified atom stereocenters. The van der Waals surface area contributed by atoms with Crippen LogP contribution in [0.15, 0.2) is 18.2 Å². The summed E-state index contributed by atoms with van der Waals surface area (Å²) in [6.07, 6.45) is 0. The zero-order valence-electron chi connectivity index (χ0n) is 9.16. The molecule has 0 aliphatic carbocycles. The summed E-state index contributed by atoms with van der Waals surface area (Å²) in [5, 5.41) is 7.64. The molecule has 1 N–H and O–H groups in total. The smallest absolute Gasteiger partial charge is 0.213 e. The van der Waals surface area contributed by atoms with Crippen LogP contribution in [0.5, 0.6) is 11.5 Å². The van der Waals surface area contributed by atoms with E-state index >= 15 is 0 Å². The van der Waals surface area contributed by atoms with Gasteiger partial charge in [-0.15, -0.1) is 0 Å². The average Bonchev–Trinajstić information content (AvgIpc) is 2.28. The van der Waals surface area contributed by atoms with E-state index in [4.69, 9.17) is 19.6 Å². The number of ether oxygens (including phenoxy) is 3. The quantitative estimate of drug-likeness (QED) is 0.610. The first-order valence-electron chi connectivity index (χ1n) is 4.66. The van der Waals surface area contributed by atoms with Crippen molar-refractivity contribution in [3.05, 3.63) is 23.8 Å². The first-order valence-corrected chi connectivity index (χ1v) is 4.66. The third-order valence-corrected chi connectivity index (χ3v) is 1.90. The molecule has 82 valence electrons. The Hall–Kier alpha value is -1.71. The third kappa shape index (κ3) is 2.87. The topological polar surface area (TPSA) is 51.5 Å². The van der Waals surface area contributed by atoms with Crippen molar-refractivity contribution in [2.45, 2.75) is 6.92 Å². The van der Waals surface area contributed by atoms with Gasteiger partial charge < -0.3 is 14.2 Å². The second-order valence-corrected chi connectivity index (χ2v) is 2.86. The highest BCUT2D eigenvalue weighted by Gasteiger charge is 2.06. The molecule has 1 rings (SSSR count). The molecule has 0 radical (unpaired) electrons. The molecule has 0 aromatic heterocycles. The summed E-state index contributed by atoms with van der Waals surface area (Å²) < 4.78 is 15.3. The normalized spacial score (nSPS) is 9.53. The fourth-order valence-corrected chi connectivity index (χ4v) is 1.17. The van der Waals surface area contributed by atoms with Gasteiger partial charge in [-0.25, -0.2) is 0 Å². The van der Waals surface area contributed by atoms with E-state index < -0.39 is 0 Å². The molecular formula is C11H15NO3. The maximum atomic E-state index is 7.64. The molecule has 4 nitrogen and oxygen atoms in total. The molecule has 4 heteroatoms. The predicted octanol–water partition coefficient (Wildman–Crippen LogP) is 2.07. The number of hydrogen-bond acceptors (Lipinski definition) is 4. The Morgan fingerprint density at radius 3 is 2.07 bits per heavy atom. The lowest BCUT2D eigenvalue weighted by atomic mass is 10.2. The zero-order chi connectivity index (χ0) is 11.3. The van der Waals surface area contributed by atoms with Crippen LogP contribution >= 0.6 is 0 Å². The molecule has 1 aromatic carbocycles. The highest BCUT2D eigenvalue weighted by Crippen LogP contribution is 2.22. The molecule has 0 spiro atoms. The van der Waals surface area contributed by atoms with E-state index in [0.717, 1.165) is 0 Å². The standard InChI is InChI=1S/C11H15NO3/c1-4-15-11(12)8-5-9(13-2)7-10(6-8)14-3/h5-7,12H,4H2,1-3H3. The largest absolute Gasteiger partial charge is 0.497 e. The van der Waals surface area contributed by atoms with Gasteiger partial charge in [-0.05, 0) is 19.1 Å². The maximum Gasteiger partial charge on any atom is 0.213 e. The van der Waals surface area contributed by atoms with Crippen LogP contribution in [0.2, 0.25) is 0 Å². The molecule has 0 saturated carbocycles. The van der Waals surface area contributed by atoms with E-state index in [0.29, 0.717) is 23.7 Å². The molecule has 0 aliphatic rings. The van der Waals surface area contributed by atoms with Gasteiger partial charge in [0.1, 0.15) is 11.5 Å². The lowest BCUT2D eigenvalue weighted by Gasteiger charge is -2.09. The Kier molecular flexibility index (Phi) is 3.97. The van der Waals surface area contributed by atoms with Crippen molar-refractivity contribution in [2.75, 3.05) is 20.8 Å². The van der Waals surface area contributed by atoms with Crippen LogP contribution in [-0.2, 0) is 4.74 Å². The molecule has 1 aromatic rings. The molecule has 0 bridgehead atoms. The Labute approximate surface area is 89.3 Å². The van der Waals surface area contributed by atoms with Gasteiger partial charge in [0.05, 0.1) is 20.8 Å². The number of benzene rings is 1. The number of hydrogen-bond donors (Lipinski definition) is 1. The minimum atomic E-state index is 0.120. The summed E-state index contributed by atoms with van der Waals surface area (Å²) in [6, 6.07) is 5.23. The third-order valence-electron chi connectivity index (χ3n) is 1.90. The van der Waals surface area contributed by atoms with Crippen molar-refractivity contribution in [1.82, 2.24) is 0 Å². The summed E-state index contributed by atoms with van der Waals surface area (Å²) in [5.74, 6) is 1.41. The molecule has 15 heavy (non-hydrogen) atoms. The van der Waals surface area contributed by atoms with Crippen molar-refractivity contribution < 1.29 is 14.2 Å². The second kappa shape index (κ2) is 5.24. The van der Waals surface area contributed by atoms with Crippen LogP contribution in [0, 0.1) is 5.41 Å². The molecule has 0 aliphatic heterocycles. The van der Waals surface area contributed by atoms with Gasteiger partial charge in [-0.3, -0.25) is 5.41 Å². The number of nitrogens with one attached hydrogen (secondary N) is 1. The van der Waals surface area contributed by atoms with E-state index in [1.807, 2.05) is 6.92 Å². The molecule has 0 atom stereocenters. The minimum absolute atomic E-state index is 0.120. The molecule has 0 saturated heterocycles. The fourth-order valence-electron chi connectivity index (χ4n) is 1.17. The zero-order valence-corrected chi connectivity index (χ0v) is 9.16. The average molecular weight is 209 g/mol. The van der Waals surface area contributed by atoms with Gasteiger partial charge >= 0.3 is 0 Å². The van der Waals surface area contributed by atoms with Gasteiger partial charge in [0.15, 0.2) is 0 Å². The molecule has 0 heterocycles. The van der Waals surface area contributed by atoms with Crippen LogP contribution in [0.25, 0.3) is 0 Å². The summed E-state index contributed by atoms with van der Waals surface area (Å²) in [5.41, 5.74) is 0.646. The Balaban J connectivity index is 3.01. The van der Waals surface area contributed by atoms with Gasteiger partial charge in [-0.2, -0.15) is 0 Å². The van der Waals surface area contributed by atoms with Crippen molar-refractivity contribution in [3.63, 3.8) is 0 Å². The van der Waals surface area contributed by atoms with Crippen molar-refractivity contribution in [3.8, 4) is 11.5 Å². The number of rotatable bonds is 4. The lowest BCUT2D eigenvalue weighted by molar-refractivity contribution is 0.325. The first kappa shape index (κ1) is 11.4. The maximum absolute atomic E-state index is 7.64. The summed E-state index contributed by atoms with van der Waals surface area (Å²) in [7, 11) is 3.14. The predicted molar refractivity (Wildman–Crippen MR) is 58.0 cm³/mol. The van der Waals surface area contributed by atoms with E-state index in [2.05, 4.69) is 0 Å². The van der Waals surface area contributed by atoms with Crippen molar-refractivity contribution in [2.24, 2.45) is 0 Å². The van der Waals surface area contributed by atoms with E-state index in [1.54, 1.807) is 32.4 Å². The fraction of sp³-hybridized carbons (Fsp3) is 0.364. The summed E-state index contributed by atoms with van der Waals surface area (Å²) in [4.78, 5) is 0. The van der Waals surface area contributed by atoms with Crippen LogP contribution in [0.3, 0.4) is 0 Å². The minimum Gasteiger partial charge on any atom is -0.497 e. The Morgan fingerprint density at radius 2 is 1.67 bits per heavy atom. The van der Waals surface area contributed by atoms with Crippen LogP contribution in [0.1, 0.15) is 12.5 Å². The van der Waals surface area contributed by atoms with Crippen molar-refractivity contribution in [1.29, 1.82) is 5.41 Å². The SMILES string of the molecule is CCOC(=N)c1cc(OC)cc(OC)c1. The van der Waals surface area contributed by atoms with Gasteiger partial charge in [0.2, 0.25) is 5.90 Å². The molecule has 0 amide bonds. The van der Waals surface area contributed by atoms with E-state index in [-0.39, 0.29) is 5.90 Å². The Bertz CT molecular complexity index is 327. The summed E-state index contributed by atoms with van der Waals surface area (Å²) >= 11 is 0. The van der Waals surface area contributed by atoms with Crippen LogP contribution < -0.4 is 9.47 Å². The van der Waals surface area contributed by atoms with E-state index in [9.17, 15) is 0 Å². The number of methoxy groups -OCH3 is 2. The second-order valence-electron chi connectivity index (χ2n) is 2.86. The highest BCUT2D eigenvalue weighted by atomic mass is 16.5. The van der Waals surface area contributed by atoms with E-state index in [1.165, 1.54) is 0 Å². The Morgan fingerprint density at radius 1 is 1.13 bits per heavy atom. The monoisotopic (exact) mass is 209 g/mol. The van der Waals surface area contributed by atoms with Crippen LogP contribution in [0.4, 0.5) is 0 Å². The van der Waals surface area contributed by atoms with Gasteiger partial charge in [0, 0.05) is 11.6 Å². The van der Waals surface area contributed by atoms with Gasteiger partial charge in [-0.1, -0.05) is 0 Å². The summed E-state index contributed by atoms with van der Waals surface area (Å²) in [6.45, 7) is 2.31. The van der Waals surface area contributed by atoms with Crippen LogP contribution in [-0.4, -0.2) is 26.7 Å². The molecular weight excluding hydrogens is 194 g/mol. The molecule has 0 fully saturated rings.